The van der Waals surface area contributed by atoms with Crippen molar-refractivity contribution in [1.82, 2.24) is 4.72 Å². The molecule has 106 valence electrons. The maximum atomic E-state index is 12.1. The molecule has 1 saturated carbocycles. The normalized spacial score (nSPS) is 16.9. The molecule has 0 spiro atoms. The van der Waals surface area contributed by atoms with Crippen molar-refractivity contribution in [3.05, 3.63) is 29.8 Å². The van der Waals surface area contributed by atoms with Crippen LogP contribution in [0.1, 0.15) is 37.7 Å². The van der Waals surface area contributed by atoms with Gasteiger partial charge in [0.2, 0.25) is 10.0 Å². The third-order valence-electron chi connectivity index (χ3n) is 3.76. The predicted molar refractivity (Wildman–Crippen MR) is 76.1 cm³/mol. The summed E-state index contributed by atoms with van der Waals surface area (Å²) >= 11 is 0. The highest BCUT2D eigenvalue weighted by Crippen LogP contribution is 2.27. The van der Waals surface area contributed by atoms with Gasteiger partial charge in [0.05, 0.1) is 4.90 Å². The third-order valence-corrected chi connectivity index (χ3v) is 5.22. The second-order valence-electron chi connectivity index (χ2n) is 5.19. The SMILES string of the molecule is NCc1cccc(S(=O)(=O)NCCC2CCCC2)c1. The summed E-state index contributed by atoms with van der Waals surface area (Å²) in [7, 11) is -3.39. The van der Waals surface area contributed by atoms with E-state index in [9.17, 15) is 8.42 Å². The van der Waals surface area contributed by atoms with Crippen LogP contribution in [0.15, 0.2) is 29.2 Å². The molecule has 0 aliphatic heterocycles. The first-order valence-corrected chi connectivity index (χ1v) is 8.39. The van der Waals surface area contributed by atoms with Crippen molar-refractivity contribution < 1.29 is 8.42 Å². The van der Waals surface area contributed by atoms with Crippen LogP contribution >= 0.6 is 0 Å². The Balaban J connectivity index is 1.93. The van der Waals surface area contributed by atoms with Gasteiger partial charge in [-0.05, 0) is 30.0 Å². The van der Waals surface area contributed by atoms with Crippen molar-refractivity contribution >= 4 is 10.0 Å². The van der Waals surface area contributed by atoms with Crippen molar-refractivity contribution in [3.8, 4) is 0 Å². The molecule has 0 amide bonds. The average molecular weight is 282 g/mol. The number of hydrogen-bond donors (Lipinski definition) is 2. The smallest absolute Gasteiger partial charge is 0.240 e. The van der Waals surface area contributed by atoms with E-state index in [1.54, 1.807) is 18.2 Å². The molecule has 1 fully saturated rings. The highest BCUT2D eigenvalue weighted by Gasteiger charge is 2.17. The minimum atomic E-state index is -3.39. The molecule has 5 heteroatoms. The minimum Gasteiger partial charge on any atom is -0.326 e. The van der Waals surface area contributed by atoms with Crippen LogP contribution in [0.4, 0.5) is 0 Å². The van der Waals surface area contributed by atoms with Crippen LogP contribution < -0.4 is 10.5 Å². The molecule has 0 saturated heterocycles. The molecular weight excluding hydrogens is 260 g/mol. The first kappa shape index (κ1) is 14.5. The van der Waals surface area contributed by atoms with Crippen LogP contribution in [0, 0.1) is 5.92 Å². The summed E-state index contributed by atoms with van der Waals surface area (Å²) in [5.74, 6) is 0.693. The summed E-state index contributed by atoms with van der Waals surface area (Å²) in [6.45, 7) is 0.880. The highest BCUT2D eigenvalue weighted by atomic mass is 32.2. The first-order chi connectivity index (χ1) is 9.12. The second-order valence-corrected chi connectivity index (χ2v) is 6.96. The summed E-state index contributed by atoms with van der Waals surface area (Å²) in [4.78, 5) is 0.307. The molecule has 1 aliphatic rings. The molecule has 0 aromatic heterocycles. The Bertz CT molecular complexity index is 508. The molecule has 0 atom stereocenters. The van der Waals surface area contributed by atoms with Crippen LogP contribution in [0.2, 0.25) is 0 Å². The van der Waals surface area contributed by atoms with E-state index in [2.05, 4.69) is 4.72 Å². The lowest BCUT2D eigenvalue weighted by atomic mass is 10.1. The van der Waals surface area contributed by atoms with Gasteiger partial charge in [0, 0.05) is 13.1 Å². The topological polar surface area (TPSA) is 72.2 Å². The van der Waals surface area contributed by atoms with Crippen LogP contribution in [0.3, 0.4) is 0 Å². The lowest BCUT2D eigenvalue weighted by molar-refractivity contribution is 0.495. The number of hydrogen-bond acceptors (Lipinski definition) is 3. The zero-order valence-corrected chi connectivity index (χ0v) is 12.0. The molecule has 1 aromatic rings. The summed E-state index contributed by atoms with van der Waals surface area (Å²) in [5, 5.41) is 0. The standard InChI is InChI=1S/C14H22N2O2S/c15-11-13-6-3-7-14(10-13)19(17,18)16-9-8-12-4-1-2-5-12/h3,6-7,10,12,16H,1-2,4-5,8-9,11,15H2. The van der Waals surface area contributed by atoms with Crippen LogP contribution in [-0.2, 0) is 16.6 Å². The van der Waals surface area contributed by atoms with Gasteiger partial charge in [0.1, 0.15) is 0 Å². The largest absolute Gasteiger partial charge is 0.326 e. The maximum Gasteiger partial charge on any atom is 0.240 e. The molecule has 19 heavy (non-hydrogen) atoms. The molecule has 3 N–H and O–H groups in total. The second kappa shape index (κ2) is 6.50. The Labute approximate surface area is 115 Å². The Hall–Kier alpha value is -0.910. The first-order valence-electron chi connectivity index (χ1n) is 6.90. The lowest BCUT2D eigenvalue weighted by Crippen LogP contribution is -2.26. The number of rotatable bonds is 6. The van der Waals surface area contributed by atoms with E-state index < -0.39 is 10.0 Å². The van der Waals surface area contributed by atoms with E-state index in [0.717, 1.165) is 12.0 Å². The number of nitrogens with one attached hydrogen (secondary N) is 1. The van der Waals surface area contributed by atoms with Crippen molar-refractivity contribution in [2.24, 2.45) is 11.7 Å². The van der Waals surface area contributed by atoms with E-state index in [0.29, 0.717) is 23.9 Å². The number of sulfonamides is 1. The zero-order valence-electron chi connectivity index (χ0n) is 11.1. The lowest BCUT2D eigenvalue weighted by Gasteiger charge is -2.11. The Morgan fingerprint density at radius 3 is 2.68 bits per heavy atom. The molecule has 1 aliphatic carbocycles. The Kier molecular flexibility index (Phi) is 4.96. The van der Waals surface area contributed by atoms with Gasteiger partial charge in [0.25, 0.3) is 0 Å². The van der Waals surface area contributed by atoms with Gasteiger partial charge >= 0.3 is 0 Å². The molecular formula is C14H22N2O2S. The van der Waals surface area contributed by atoms with Gasteiger partial charge in [0.15, 0.2) is 0 Å². The van der Waals surface area contributed by atoms with Gasteiger partial charge in [-0.1, -0.05) is 37.8 Å². The minimum absolute atomic E-state index is 0.307. The van der Waals surface area contributed by atoms with Gasteiger partial charge in [-0.3, -0.25) is 0 Å². The molecule has 4 nitrogen and oxygen atoms in total. The van der Waals surface area contributed by atoms with E-state index in [4.69, 9.17) is 5.73 Å². The van der Waals surface area contributed by atoms with Gasteiger partial charge < -0.3 is 5.73 Å². The maximum absolute atomic E-state index is 12.1. The van der Waals surface area contributed by atoms with Gasteiger partial charge in [-0.2, -0.15) is 0 Å². The van der Waals surface area contributed by atoms with E-state index in [1.165, 1.54) is 25.7 Å². The average Bonchev–Trinajstić information content (AvgIpc) is 2.92. The van der Waals surface area contributed by atoms with Crippen molar-refractivity contribution in [3.63, 3.8) is 0 Å². The third kappa shape index (κ3) is 4.03. The quantitative estimate of drug-likeness (QED) is 0.838. The Morgan fingerprint density at radius 1 is 1.26 bits per heavy atom. The summed E-state index contributed by atoms with van der Waals surface area (Å²) in [6.07, 6.45) is 6.00. The van der Waals surface area contributed by atoms with Crippen molar-refractivity contribution in [2.45, 2.75) is 43.5 Å². The molecule has 0 unspecified atom stereocenters. The van der Waals surface area contributed by atoms with Crippen LogP contribution in [0.5, 0.6) is 0 Å². The summed E-state index contributed by atoms with van der Waals surface area (Å²) < 4.78 is 26.9. The molecule has 2 rings (SSSR count). The fraction of sp³-hybridized carbons (Fsp3) is 0.571. The number of nitrogens with two attached hydrogens (primary N) is 1. The summed E-state index contributed by atoms with van der Waals surface area (Å²) in [6, 6.07) is 6.81. The fourth-order valence-corrected chi connectivity index (χ4v) is 3.74. The van der Waals surface area contributed by atoms with Gasteiger partial charge in [-0.25, -0.2) is 13.1 Å². The fourth-order valence-electron chi connectivity index (χ4n) is 2.62. The molecule has 0 heterocycles. The number of benzene rings is 1. The summed E-state index contributed by atoms with van der Waals surface area (Å²) in [5.41, 5.74) is 6.36. The van der Waals surface area contributed by atoms with E-state index in [-0.39, 0.29) is 0 Å². The van der Waals surface area contributed by atoms with Crippen molar-refractivity contribution in [1.29, 1.82) is 0 Å². The van der Waals surface area contributed by atoms with E-state index >= 15 is 0 Å². The molecule has 0 radical (unpaired) electrons. The molecule has 1 aromatic carbocycles. The molecule has 0 bridgehead atoms. The van der Waals surface area contributed by atoms with Crippen molar-refractivity contribution in [2.75, 3.05) is 6.54 Å². The van der Waals surface area contributed by atoms with Crippen LogP contribution in [0.25, 0.3) is 0 Å². The van der Waals surface area contributed by atoms with E-state index in [1.807, 2.05) is 6.07 Å². The predicted octanol–water partition coefficient (Wildman–Crippen LogP) is 2.00. The van der Waals surface area contributed by atoms with Gasteiger partial charge in [-0.15, -0.1) is 0 Å². The van der Waals surface area contributed by atoms with Crippen LogP contribution in [-0.4, -0.2) is 15.0 Å². The monoisotopic (exact) mass is 282 g/mol. The Morgan fingerprint density at radius 2 is 2.00 bits per heavy atom. The highest BCUT2D eigenvalue weighted by molar-refractivity contribution is 7.89. The zero-order chi connectivity index (χ0) is 13.7.